The van der Waals surface area contributed by atoms with Crippen molar-refractivity contribution in [2.24, 2.45) is 0 Å². The molecule has 2 saturated heterocycles. The maximum Gasteiger partial charge on any atom is 0.237 e. The van der Waals surface area contributed by atoms with E-state index < -0.39 is 0 Å². The van der Waals surface area contributed by atoms with Crippen LogP contribution >= 0.6 is 0 Å². The summed E-state index contributed by atoms with van der Waals surface area (Å²) in [5.41, 5.74) is 0.269. The number of hydrogen-bond donors (Lipinski definition) is 1. The molecule has 2 heterocycles. The molecular formula is C17H31N3O. The Hall–Kier alpha value is -0.610. The highest BCUT2D eigenvalue weighted by Gasteiger charge is 2.41. The Morgan fingerprint density at radius 1 is 1.14 bits per heavy atom. The smallest absolute Gasteiger partial charge is 0.237 e. The highest BCUT2D eigenvalue weighted by Crippen LogP contribution is 2.34. The van der Waals surface area contributed by atoms with Gasteiger partial charge in [0.15, 0.2) is 0 Å². The molecule has 21 heavy (non-hydrogen) atoms. The maximum absolute atomic E-state index is 12.8. The summed E-state index contributed by atoms with van der Waals surface area (Å²) in [7, 11) is 0. The second kappa shape index (κ2) is 6.66. The lowest BCUT2D eigenvalue weighted by Crippen LogP contribution is -2.64. The number of hydrogen-bond acceptors (Lipinski definition) is 3. The van der Waals surface area contributed by atoms with E-state index in [9.17, 15) is 4.79 Å². The zero-order valence-electron chi connectivity index (χ0n) is 13.6. The molecule has 0 aromatic carbocycles. The number of likely N-dealkylation sites (tertiary alicyclic amines) is 1. The van der Waals surface area contributed by atoms with Crippen LogP contribution in [0.4, 0.5) is 0 Å². The van der Waals surface area contributed by atoms with E-state index in [0.717, 1.165) is 26.2 Å². The van der Waals surface area contributed by atoms with Crippen LogP contribution in [-0.2, 0) is 4.79 Å². The fourth-order valence-corrected chi connectivity index (χ4v) is 4.56. The summed E-state index contributed by atoms with van der Waals surface area (Å²) in [6.07, 6.45) is 10.2. The van der Waals surface area contributed by atoms with Gasteiger partial charge in [-0.25, -0.2) is 0 Å². The molecule has 120 valence electrons. The summed E-state index contributed by atoms with van der Waals surface area (Å²) < 4.78 is 0. The number of piperidine rings is 1. The van der Waals surface area contributed by atoms with Crippen LogP contribution in [0.2, 0.25) is 0 Å². The van der Waals surface area contributed by atoms with Gasteiger partial charge in [0.25, 0.3) is 0 Å². The third kappa shape index (κ3) is 3.26. The van der Waals surface area contributed by atoms with Gasteiger partial charge in [-0.15, -0.1) is 0 Å². The zero-order valence-corrected chi connectivity index (χ0v) is 13.6. The predicted octanol–water partition coefficient (Wildman–Crippen LogP) is 2.00. The van der Waals surface area contributed by atoms with Crippen LogP contribution in [0, 0.1) is 0 Å². The van der Waals surface area contributed by atoms with E-state index >= 15 is 0 Å². The van der Waals surface area contributed by atoms with E-state index in [1.165, 1.54) is 51.4 Å². The minimum absolute atomic E-state index is 0.269. The third-order valence-electron chi connectivity index (χ3n) is 5.92. The van der Waals surface area contributed by atoms with Crippen molar-refractivity contribution in [2.75, 3.05) is 32.7 Å². The number of carbonyl (C=O) groups excluding carboxylic acids is 1. The van der Waals surface area contributed by atoms with Crippen LogP contribution in [0.3, 0.4) is 0 Å². The van der Waals surface area contributed by atoms with Crippen molar-refractivity contribution in [3.8, 4) is 0 Å². The Bertz CT molecular complexity index is 357. The Balaban J connectivity index is 1.65. The number of piperazine rings is 1. The lowest BCUT2D eigenvalue weighted by molar-refractivity contribution is -0.138. The van der Waals surface area contributed by atoms with Gasteiger partial charge in [0.05, 0.1) is 6.54 Å². The Kier molecular flexibility index (Phi) is 4.85. The molecule has 3 aliphatic rings. The number of carbonyl (C=O) groups is 1. The van der Waals surface area contributed by atoms with Crippen molar-refractivity contribution >= 4 is 5.91 Å². The standard InChI is InChI=1S/C17H31N3O/c1-15-7-3-6-11-20(15)16(21)13-19-12-10-18-14-17(19)8-4-2-5-9-17/h15,18H,2-14H2,1H3. The molecule has 0 aromatic rings. The molecule has 1 unspecified atom stereocenters. The van der Waals surface area contributed by atoms with Gasteiger partial charge >= 0.3 is 0 Å². The molecule has 0 radical (unpaired) electrons. The van der Waals surface area contributed by atoms with Gasteiger partial charge in [-0.05, 0) is 39.0 Å². The molecule has 1 atom stereocenters. The van der Waals surface area contributed by atoms with Crippen LogP contribution < -0.4 is 5.32 Å². The molecule has 1 amide bonds. The topological polar surface area (TPSA) is 35.6 Å². The van der Waals surface area contributed by atoms with E-state index in [2.05, 4.69) is 22.0 Å². The van der Waals surface area contributed by atoms with Crippen molar-refractivity contribution in [3.05, 3.63) is 0 Å². The quantitative estimate of drug-likeness (QED) is 0.846. The number of rotatable bonds is 2. The summed E-state index contributed by atoms with van der Waals surface area (Å²) in [5, 5.41) is 3.57. The summed E-state index contributed by atoms with van der Waals surface area (Å²) in [6, 6.07) is 0.441. The van der Waals surface area contributed by atoms with Crippen molar-refractivity contribution in [1.29, 1.82) is 0 Å². The lowest BCUT2D eigenvalue weighted by atomic mass is 9.79. The van der Waals surface area contributed by atoms with E-state index in [1.54, 1.807) is 0 Å². The van der Waals surface area contributed by atoms with Gasteiger partial charge < -0.3 is 10.2 Å². The average molecular weight is 293 g/mol. The molecule has 3 fully saturated rings. The highest BCUT2D eigenvalue weighted by atomic mass is 16.2. The first-order valence-corrected chi connectivity index (χ1v) is 8.97. The van der Waals surface area contributed by atoms with Crippen LogP contribution in [-0.4, -0.2) is 60.0 Å². The molecule has 1 aliphatic carbocycles. The Morgan fingerprint density at radius 2 is 1.95 bits per heavy atom. The second-order valence-corrected chi connectivity index (χ2v) is 7.32. The molecule has 1 spiro atoms. The SMILES string of the molecule is CC1CCCCN1C(=O)CN1CCNCC12CCCCC2. The molecule has 4 nitrogen and oxygen atoms in total. The minimum atomic E-state index is 0.269. The highest BCUT2D eigenvalue weighted by molar-refractivity contribution is 5.78. The van der Waals surface area contributed by atoms with Gasteiger partial charge in [-0.1, -0.05) is 19.3 Å². The van der Waals surface area contributed by atoms with Crippen LogP contribution in [0.1, 0.15) is 58.3 Å². The molecule has 1 N–H and O–H groups in total. The zero-order chi connectivity index (χ0) is 14.7. The van der Waals surface area contributed by atoms with Gasteiger partial charge in [-0.2, -0.15) is 0 Å². The number of nitrogens with one attached hydrogen (secondary N) is 1. The maximum atomic E-state index is 12.8. The van der Waals surface area contributed by atoms with Gasteiger partial charge in [-0.3, -0.25) is 9.69 Å². The summed E-state index contributed by atoms with van der Waals surface area (Å²) >= 11 is 0. The Morgan fingerprint density at radius 3 is 2.71 bits per heavy atom. The first-order chi connectivity index (χ1) is 10.2. The molecular weight excluding hydrogens is 262 g/mol. The van der Waals surface area contributed by atoms with Crippen LogP contribution in [0.15, 0.2) is 0 Å². The van der Waals surface area contributed by atoms with Crippen molar-refractivity contribution in [1.82, 2.24) is 15.1 Å². The van der Waals surface area contributed by atoms with E-state index in [-0.39, 0.29) is 5.54 Å². The van der Waals surface area contributed by atoms with Crippen LogP contribution in [0.25, 0.3) is 0 Å². The molecule has 2 aliphatic heterocycles. The predicted molar refractivity (Wildman–Crippen MR) is 85.3 cm³/mol. The van der Waals surface area contributed by atoms with E-state index in [0.29, 0.717) is 18.5 Å². The molecule has 0 aromatic heterocycles. The molecule has 0 bridgehead atoms. The lowest BCUT2D eigenvalue weighted by Gasteiger charge is -2.50. The fourth-order valence-electron chi connectivity index (χ4n) is 4.56. The van der Waals surface area contributed by atoms with Crippen molar-refractivity contribution < 1.29 is 4.79 Å². The van der Waals surface area contributed by atoms with Gasteiger partial charge in [0, 0.05) is 37.8 Å². The normalized spacial score (nSPS) is 30.5. The van der Waals surface area contributed by atoms with E-state index in [4.69, 9.17) is 0 Å². The third-order valence-corrected chi connectivity index (χ3v) is 5.92. The van der Waals surface area contributed by atoms with Crippen molar-refractivity contribution in [3.63, 3.8) is 0 Å². The molecule has 3 rings (SSSR count). The first kappa shape index (κ1) is 15.3. The largest absolute Gasteiger partial charge is 0.339 e. The number of nitrogens with zero attached hydrogens (tertiary/aromatic N) is 2. The van der Waals surface area contributed by atoms with Crippen LogP contribution in [0.5, 0.6) is 0 Å². The molecule has 1 saturated carbocycles. The van der Waals surface area contributed by atoms with E-state index in [1.807, 2.05) is 0 Å². The first-order valence-electron chi connectivity index (χ1n) is 8.97. The fraction of sp³-hybridized carbons (Fsp3) is 0.941. The second-order valence-electron chi connectivity index (χ2n) is 7.32. The van der Waals surface area contributed by atoms with Gasteiger partial charge in [0.2, 0.25) is 5.91 Å². The van der Waals surface area contributed by atoms with Crippen molar-refractivity contribution in [2.45, 2.75) is 69.9 Å². The molecule has 4 heteroatoms. The Labute approximate surface area is 129 Å². The average Bonchev–Trinajstić information content (AvgIpc) is 2.51. The summed E-state index contributed by atoms with van der Waals surface area (Å²) in [5.74, 6) is 0.369. The van der Waals surface area contributed by atoms with Gasteiger partial charge in [0.1, 0.15) is 0 Å². The summed E-state index contributed by atoms with van der Waals surface area (Å²) in [4.78, 5) is 17.4. The number of amides is 1. The minimum Gasteiger partial charge on any atom is -0.339 e. The monoisotopic (exact) mass is 293 g/mol. The summed E-state index contributed by atoms with van der Waals surface area (Å²) in [6.45, 7) is 6.98.